The van der Waals surface area contributed by atoms with Crippen LogP contribution in [-0.4, -0.2) is 36.0 Å². The zero-order valence-electron chi connectivity index (χ0n) is 20.3. The number of hydrogen-bond donors (Lipinski definition) is 2. The van der Waals surface area contributed by atoms with Crippen LogP contribution in [0.5, 0.6) is 0 Å². The minimum atomic E-state index is -0.123. The van der Waals surface area contributed by atoms with E-state index in [9.17, 15) is 0 Å². The molecule has 1 aromatic carbocycles. The Morgan fingerprint density at radius 2 is 1.79 bits per heavy atom. The first-order valence-electron chi connectivity index (χ1n) is 12.0. The summed E-state index contributed by atoms with van der Waals surface area (Å²) in [5, 5.41) is 17.7. The number of nitrogens with zero attached hydrogens (tertiary/aromatic N) is 5. The number of halogens is 1. The molecule has 1 aliphatic carbocycles. The molecule has 5 rings (SSSR count). The molecule has 2 N–H and O–H groups in total. The van der Waals surface area contributed by atoms with E-state index < -0.39 is 0 Å². The van der Waals surface area contributed by atoms with Gasteiger partial charge in [0.2, 0.25) is 0 Å². The van der Waals surface area contributed by atoms with Gasteiger partial charge in [-0.1, -0.05) is 16.8 Å². The number of pyridine rings is 2. The van der Waals surface area contributed by atoms with Crippen LogP contribution < -0.4 is 10.6 Å². The predicted molar refractivity (Wildman–Crippen MR) is 139 cm³/mol. The largest absolute Gasteiger partial charge is 0.380 e. The molecule has 7 nitrogen and oxygen atoms in total. The van der Waals surface area contributed by atoms with Crippen molar-refractivity contribution in [2.45, 2.75) is 71.0 Å². The van der Waals surface area contributed by atoms with Crippen molar-refractivity contribution in [3.8, 4) is 0 Å². The van der Waals surface area contributed by atoms with Crippen LogP contribution >= 0.6 is 11.6 Å². The van der Waals surface area contributed by atoms with Gasteiger partial charge in [-0.15, -0.1) is 5.10 Å². The second-order valence-electron chi connectivity index (χ2n) is 10.8. The Hall–Kier alpha value is -2.93. The van der Waals surface area contributed by atoms with Crippen molar-refractivity contribution < 1.29 is 0 Å². The third-order valence-corrected chi connectivity index (χ3v) is 6.84. The molecule has 0 unspecified atom stereocenters. The van der Waals surface area contributed by atoms with Gasteiger partial charge in [0.15, 0.2) is 5.65 Å². The second kappa shape index (κ2) is 8.69. The van der Waals surface area contributed by atoms with Gasteiger partial charge in [-0.2, -0.15) is 0 Å². The smallest absolute Gasteiger partial charge is 0.178 e. The van der Waals surface area contributed by atoms with E-state index in [1.165, 1.54) is 12.8 Å². The summed E-state index contributed by atoms with van der Waals surface area (Å²) in [4.78, 5) is 9.10. The maximum atomic E-state index is 6.35. The first-order chi connectivity index (χ1) is 16.2. The summed E-state index contributed by atoms with van der Waals surface area (Å²) in [6.07, 6.45) is 8.16. The van der Waals surface area contributed by atoms with Gasteiger partial charge in [-0.05, 0) is 89.6 Å². The molecular formula is C26H32ClN7. The Kier molecular flexibility index (Phi) is 5.84. The summed E-state index contributed by atoms with van der Waals surface area (Å²) in [5.41, 5.74) is 4.30. The van der Waals surface area contributed by atoms with Gasteiger partial charge in [0.1, 0.15) is 5.52 Å². The lowest BCUT2D eigenvalue weighted by Gasteiger charge is -2.34. The van der Waals surface area contributed by atoms with Crippen molar-refractivity contribution in [1.29, 1.82) is 0 Å². The molecule has 1 aliphatic rings. The lowest BCUT2D eigenvalue weighted by atomic mass is 9.89. The summed E-state index contributed by atoms with van der Waals surface area (Å²) < 4.78 is 1.94. The van der Waals surface area contributed by atoms with Gasteiger partial charge >= 0.3 is 0 Å². The zero-order valence-corrected chi connectivity index (χ0v) is 21.0. The molecule has 8 heteroatoms. The van der Waals surface area contributed by atoms with Crippen molar-refractivity contribution in [2.75, 3.05) is 10.6 Å². The molecule has 0 atom stereocenters. The Morgan fingerprint density at radius 1 is 1.03 bits per heavy atom. The second-order valence-corrected chi connectivity index (χ2v) is 11.2. The number of rotatable bonds is 9. The molecule has 1 saturated carbocycles. The van der Waals surface area contributed by atoms with E-state index in [1.807, 2.05) is 29.1 Å². The number of anilines is 2. The van der Waals surface area contributed by atoms with Gasteiger partial charge in [0.25, 0.3) is 0 Å². The highest BCUT2D eigenvalue weighted by Crippen LogP contribution is 2.33. The average Bonchev–Trinajstić information content (AvgIpc) is 3.53. The summed E-state index contributed by atoms with van der Waals surface area (Å²) in [5.74, 6) is 0.738. The lowest BCUT2D eigenvalue weighted by molar-refractivity contribution is 0.416. The Morgan fingerprint density at radius 3 is 2.56 bits per heavy atom. The number of nitrogens with one attached hydrogen (secondary N) is 2. The number of fused-ring (bicyclic) bond motifs is 2. The first kappa shape index (κ1) is 22.8. The lowest BCUT2D eigenvalue weighted by Crippen LogP contribution is -2.37. The zero-order chi connectivity index (χ0) is 23.9. The van der Waals surface area contributed by atoms with E-state index in [0.717, 1.165) is 58.7 Å². The van der Waals surface area contributed by atoms with Crippen LogP contribution in [0.1, 0.15) is 53.4 Å². The molecule has 0 radical (unpaired) electrons. The summed E-state index contributed by atoms with van der Waals surface area (Å²) >= 11 is 6.35. The maximum absolute atomic E-state index is 6.35. The highest BCUT2D eigenvalue weighted by molar-refractivity contribution is 6.35. The van der Waals surface area contributed by atoms with Crippen LogP contribution in [0.4, 0.5) is 11.4 Å². The van der Waals surface area contributed by atoms with Crippen molar-refractivity contribution in [3.63, 3.8) is 0 Å². The van der Waals surface area contributed by atoms with E-state index in [-0.39, 0.29) is 11.1 Å². The van der Waals surface area contributed by atoms with Gasteiger partial charge in [-0.3, -0.25) is 4.98 Å². The van der Waals surface area contributed by atoms with Crippen LogP contribution in [0.25, 0.3) is 22.1 Å². The van der Waals surface area contributed by atoms with Crippen molar-refractivity contribution in [3.05, 3.63) is 47.7 Å². The Labute approximate surface area is 205 Å². The van der Waals surface area contributed by atoms with E-state index >= 15 is 0 Å². The monoisotopic (exact) mass is 477 g/mol. The van der Waals surface area contributed by atoms with E-state index in [4.69, 9.17) is 11.6 Å². The summed E-state index contributed by atoms with van der Waals surface area (Å²) in [6, 6.07) is 10.00. The molecule has 0 bridgehead atoms. The topological polar surface area (TPSA) is 80.6 Å². The Balaban J connectivity index is 1.24. The summed E-state index contributed by atoms with van der Waals surface area (Å²) in [6.45, 7) is 9.82. The molecule has 3 heterocycles. The number of benzene rings is 1. The highest BCUT2D eigenvalue weighted by Gasteiger charge is 2.26. The normalized spacial score (nSPS) is 14.6. The maximum Gasteiger partial charge on any atom is 0.178 e. The minimum absolute atomic E-state index is 0.122. The fraction of sp³-hybridized carbons (Fsp3) is 0.462. The van der Waals surface area contributed by atoms with Crippen molar-refractivity contribution >= 4 is 45.0 Å². The molecule has 3 aromatic heterocycles. The molecule has 0 saturated heterocycles. The number of aromatic nitrogens is 5. The molecule has 4 aromatic rings. The van der Waals surface area contributed by atoms with Crippen LogP contribution in [0.3, 0.4) is 0 Å². The molecule has 34 heavy (non-hydrogen) atoms. The van der Waals surface area contributed by atoms with E-state index in [2.05, 4.69) is 70.7 Å². The van der Waals surface area contributed by atoms with Crippen molar-refractivity contribution in [1.82, 2.24) is 25.0 Å². The predicted octanol–water partition coefficient (Wildman–Crippen LogP) is 6.30. The molecule has 0 amide bonds. The highest BCUT2D eigenvalue weighted by atomic mass is 35.5. The van der Waals surface area contributed by atoms with Crippen molar-refractivity contribution in [2.24, 2.45) is 5.92 Å². The molecular weight excluding hydrogens is 446 g/mol. The Bertz CT molecular complexity index is 1320. The molecule has 1 fully saturated rings. The van der Waals surface area contributed by atoms with Gasteiger partial charge in [0, 0.05) is 34.9 Å². The van der Waals surface area contributed by atoms with Gasteiger partial charge in [-0.25, -0.2) is 9.67 Å². The van der Waals surface area contributed by atoms with Crippen LogP contribution in [-0.2, 0) is 6.54 Å². The average molecular weight is 478 g/mol. The molecule has 178 valence electrons. The van der Waals surface area contributed by atoms with Gasteiger partial charge < -0.3 is 10.6 Å². The van der Waals surface area contributed by atoms with E-state index in [1.54, 1.807) is 6.20 Å². The first-order valence-corrected chi connectivity index (χ1v) is 12.4. The van der Waals surface area contributed by atoms with E-state index in [0.29, 0.717) is 5.02 Å². The summed E-state index contributed by atoms with van der Waals surface area (Å²) in [7, 11) is 0. The van der Waals surface area contributed by atoms with Crippen LogP contribution in [0.15, 0.2) is 42.7 Å². The number of hydrogen-bond acceptors (Lipinski definition) is 6. The minimum Gasteiger partial charge on any atom is -0.380 e. The SMILES string of the molecule is CC(C)(CCC(C)(C)Nc1ccc(Cl)c2ncccc12)Nc1cnc2c(c1)nnn2CC1CC1. The third-order valence-electron chi connectivity index (χ3n) is 6.53. The van der Waals surface area contributed by atoms with Gasteiger partial charge in [0.05, 0.1) is 22.4 Å². The third kappa shape index (κ3) is 5.09. The fourth-order valence-electron chi connectivity index (χ4n) is 4.35. The fourth-order valence-corrected chi connectivity index (χ4v) is 4.57. The molecule has 0 spiro atoms. The quantitative estimate of drug-likeness (QED) is 0.294. The molecule has 0 aliphatic heterocycles. The standard InChI is InChI=1S/C26H32ClN7/c1-25(2,30-18-14-22-24(29-15-18)34(33-32-22)16-17-7-8-17)11-12-26(3,4)31-21-10-9-20(27)23-19(21)6-5-13-28-23/h5-6,9-10,13-15,17,30-31H,7-8,11-12,16H2,1-4H3. The van der Waals surface area contributed by atoms with Crippen LogP contribution in [0.2, 0.25) is 5.02 Å². The van der Waals surface area contributed by atoms with Crippen LogP contribution in [0, 0.1) is 5.92 Å².